The Labute approximate surface area is 268 Å². The first-order valence-electron chi connectivity index (χ1n) is 14.4. The molecule has 1 aromatic heterocycles. The van der Waals surface area contributed by atoms with Crippen LogP contribution in [0.15, 0.2) is 45.8 Å². The second-order valence-electron chi connectivity index (χ2n) is 11.2. The minimum Gasteiger partial charge on any atom is -0.508 e. The highest BCUT2D eigenvalue weighted by molar-refractivity contribution is 5.91. The van der Waals surface area contributed by atoms with Crippen LogP contribution in [0.2, 0.25) is 0 Å². The molecule has 0 bridgehead atoms. The number of carboxylic acids is 1. The van der Waals surface area contributed by atoms with Gasteiger partial charge in [0.05, 0.1) is 17.7 Å². The molecule has 18 nitrogen and oxygen atoms in total. The number of ether oxygens (including phenoxy) is 4. The van der Waals surface area contributed by atoms with Crippen molar-refractivity contribution in [2.75, 3.05) is 13.2 Å². The van der Waals surface area contributed by atoms with Gasteiger partial charge >= 0.3 is 11.9 Å². The molecular formula is C30H32O18. The molecule has 0 amide bonds. The first-order valence-corrected chi connectivity index (χ1v) is 14.4. The number of aromatic hydroxyl groups is 2. The van der Waals surface area contributed by atoms with Gasteiger partial charge in [-0.1, -0.05) is 12.1 Å². The summed E-state index contributed by atoms with van der Waals surface area (Å²) in [4.78, 5) is 36.2. The lowest BCUT2D eigenvalue weighted by Gasteiger charge is -2.42. The quantitative estimate of drug-likeness (QED) is 0.0831. The molecule has 0 aliphatic carbocycles. The van der Waals surface area contributed by atoms with Gasteiger partial charge in [0.2, 0.25) is 11.7 Å². The van der Waals surface area contributed by atoms with Crippen molar-refractivity contribution in [2.24, 2.45) is 0 Å². The molecule has 10 atom stereocenters. The smallest absolute Gasteiger partial charge is 0.317 e. The number of hydrogen-bond acceptors (Lipinski definition) is 17. The minimum atomic E-state index is -2.03. The fourth-order valence-corrected chi connectivity index (χ4v) is 5.46. The molecular weight excluding hydrogens is 648 g/mol. The van der Waals surface area contributed by atoms with E-state index in [4.69, 9.17) is 28.5 Å². The fourth-order valence-electron chi connectivity index (χ4n) is 5.46. The molecule has 2 fully saturated rings. The first-order chi connectivity index (χ1) is 22.7. The van der Waals surface area contributed by atoms with Crippen molar-refractivity contribution in [3.05, 3.63) is 52.4 Å². The monoisotopic (exact) mass is 680 g/mol. The number of aliphatic hydroxyl groups is 7. The highest BCUT2D eigenvalue weighted by Gasteiger charge is 2.49. The van der Waals surface area contributed by atoms with Gasteiger partial charge in [-0.05, 0) is 17.7 Å². The van der Waals surface area contributed by atoms with Crippen LogP contribution >= 0.6 is 0 Å². The summed E-state index contributed by atoms with van der Waals surface area (Å²) in [7, 11) is 0. The number of carbonyl (C=O) groups excluding carboxylic acids is 1. The van der Waals surface area contributed by atoms with E-state index in [9.17, 15) is 60.3 Å². The number of phenolic OH excluding ortho intramolecular Hbond substituents is 2. The minimum absolute atomic E-state index is 0.0744. The lowest BCUT2D eigenvalue weighted by atomic mass is 9.89. The molecule has 2 aliphatic heterocycles. The number of rotatable bonds is 9. The second-order valence-corrected chi connectivity index (χ2v) is 11.2. The standard InChI is InChI=1S/C30H32O18/c31-7-15-22(38)24(40)26(42)29(46-15)20-14(47-30-27(43)25(41)23(39)16(48-30)9-44-18(36)6-17(34)35)5-13(33)19-21(37)12(8-45-28(19)20)10-1-3-11(32)4-2-10/h1-5,8,15-16,22-27,29-33,38-43H,6-7,9H2,(H,34,35)/t15-,16-,22-,23-,24+,25+,26-,27-,29+,30-/m1/s1. The van der Waals surface area contributed by atoms with Crippen LogP contribution in [0, 0.1) is 0 Å². The number of phenols is 2. The van der Waals surface area contributed by atoms with Gasteiger partial charge in [-0.15, -0.1) is 0 Å². The topological polar surface area (TPSA) is 304 Å². The Balaban J connectivity index is 1.60. The summed E-state index contributed by atoms with van der Waals surface area (Å²) in [6.45, 7) is -1.65. The van der Waals surface area contributed by atoms with Gasteiger partial charge < -0.3 is 74.4 Å². The maximum Gasteiger partial charge on any atom is 0.317 e. The molecule has 2 aliphatic rings. The summed E-state index contributed by atoms with van der Waals surface area (Å²) in [5.74, 6) is -4.11. The highest BCUT2D eigenvalue weighted by atomic mass is 16.7. The van der Waals surface area contributed by atoms with Crippen LogP contribution < -0.4 is 10.2 Å². The Morgan fingerprint density at radius 1 is 0.833 bits per heavy atom. The third kappa shape index (κ3) is 6.65. The van der Waals surface area contributed by atoms with E-state index in [1.165, 1.54) is 24.3 Å². The lowest BCUT2D eigenvalue weighted by Crippen LogP contribution is -2.60. The van der Waals surface area contributed by atoms with Crippen molar-refractivity contribution in [3.8, 4) is 28.4 Å². The molecule has 3 heterocycles. The number of carbonyl (C=O) groups is 2. The summed E-state index contributed by atoms with van der Waals surface area (Å²) < 4.78 is 27.5. The van der Waals surface area contributed by atoms with Gasteiger partial charge in [0.15, 0.2) is 5.58 Å². The zero-order valence-electron chi connectivity index (χ0n) is 24.6. The summed E-state index contributed by atoms with van der Waals surface area (Å²) in [5.41, 5.74) is -1.48. The summed E-state index contributed by atoms with van der Waals surface area (Å²) in [6, 6.07) is 6.24. The van der Waals surface area contributed by atoms with E-state index in [0.717, 1.165) is 12.3 Å². The molecule has 3 aromatic rings. The van der Waals surface area contributed by atoms with Crippen molar-refractivity contribution in [2.45, 2.75) is 67.6 Å². The molecule has 0 spiro atoms. The predicted octanol–water partition coefficient (Wildman–Crippen LogP) is -2.41. The van der Waals surface area contributed by atoms with Gasteiger partial charge in [-0.25, -0.2) is 0 Å². The SMILES string of the molecule is O=C(O)CC(=O)OC[C@H]1O[C@@H](Oc2cc(O)c3c(=O)c(-c4ccc(O)cc4)coc3c2[C@@H]2O[C@H](CO)[C@@H](O)[C@H](O)[C@H]2O)[C@H](O)[C@@H](O)[C@@H]1O. The molecule has 2 aromatic carbocycles. The Bertz CT molecular complexity index is 1700. The molecule has 0 saturated carbocycles. The number of hydrogen-bond donors (Lipinski definition) is 10. The third-order valence-electron chi connectivity index (χ3n) is 8.00. The number of benzene rings is 2. The summed E-state index contributed by atoms with van der Waals surface area (Å²) in [6.07, 6.45) is -18.4. The first kappa shape index (κ1) is 35.0. The lowest BCUT2D eigenvalue weighted by molar-refractivity contribution is -0.279. The van der Waals surface area contributed by atoms with E-state index in [1.807, 2.05) is 0 Å². The molecule has 5 rings (SSSR count). The van der Waals surface area contributed by atoms with E-state index in [2.05, 4.69) is 0 Å². The number of fused-ring (bicyclic) bond motifs is 1. The summed E-state index contributed by atoms with van der Waals surface area (Å²) >= 11 is 0. The van der Waals surface area contributed by atoms with Gasteiger partial charge in [-0.2, -0.15) is 0 Å². The highest BCUT2D eigenvalue weighted by Crippen LogP contribution is 2.45. The van der Waals surface area contributed by atoms with Crippen LogP contribution in [-0.4, -0.2) is 131 Å². The van der Waals surface area contributed by atoms with E-state index in [1.54, 1.807) is 0 Å². The second kappa shape index (κ2) is 14.0. The summed E-state index contributed by atoms with van der Waals surface area (Å²) in [5, 5.41) is 102. The molecule has 48 heavy (non-hydrogen) atoms. The molecule has 0 radical (unpaired) electrons. The number of carboxylic acid groups (broad SMARTS) is 1. The maximum atomic E-state index is 13.7. The average molecular weight is 681 g/mol. The van der Waals surface area contributed by atoms with Gasteiger partial charge in [0.25, 0.3) is 0 Å². The van der Waals surface area contributed by atoms with E-state index in [0.29, 0.717) is 0 Å². The number of aliphatic carboxylic acids is 1. The molecule has 0 unspecified atom stereocenters. The van der Waals surface area contributed by atoms with Crippen molar-refractivity contribution in [1.29, 1.82) is 0 Å². The Morgan fingerprint density at radius 2 is 1.48 bits per heavy atom. The largest absolute Gasteiger partial charge is 0.508 e. The van der Waals surface area contributed by atoms with Gasteiger partial charge in [0.1, 0.15) is 96.9 Å². The molecule has 260 valence electrons. The zero-order valence-corrected chi connectivity index (χ0v) is 24.6. The number of esters is 1. The zero-order chi connectivity index (χ0) is 35.0. The van der Waals surface area contributed by atoms with E-state index < -0.39 is 126 Å². The Hall–Kier alpha value is -4.37. The van der Waals surface area contributed by atoms with Crippen LogP contribution in [0.25, 0.3) is 22.1 Å². The van der Waals surface area contributed by atoms with Crippen LogP contribution in [0.3, 0.4) is 0 Å². The maximum absolute atomic E-state index is 13.7. The van der Waals surface area contributed by atoms with Crippen LogP contribution in [0.1, 0.15) is 18.1 Å². The fraction of sp³-hybridized carbons (Fsp3) is 0.433. The van der Waals surface area contributed by atoms with Crippen molar-refractivity contribution >= 4 is 22.9 Å². The van der Waals surface area contributed by atoms with Crippen molar-refractivity contribution in [1.82, 2.24) is 0 Å². The Morgan fingerprint density at radius 3 is 2.12 bits per heavy atom. The number of aliphatic hydroxyl groups excluding tert-OH is 7. The molecule has 2 saturated heterocycles. The average Bonchev–Trinajstić information content (AvgIpc) is 3.04. The predicted molar refractivity (Wildman–Crippen MR) is 154 cm³/mol. The van der Waals surface area contributed by atoms with Crippen LogP contribution in [0.5, 0.6) is 17.2 Å². The van der Waals surface area contributed by atoms with Crippen molar-refractivity contribution in [3.63, 3.8) is 0 Å². The molecule has 10 N–H and O–H groups in total. The van der Waals surface area contributed by atoms with Crippen molar-refractivity contribution < 1.29 is 84.0 Å². The molecule has 18 heteroatoms. The van der Waals surface area contributed by atoms with E-state index in [-0.39, 0.29) is 16.9 Å². The van der Waals surface area contributed by atoms with Crippen LogP contribution in [-0.2, 0) is 23.8 Å². The Kier molecular flexibility index (Phi) is 10.2. The normalized spacial score (nSPS) is 30.6. The van der Waals surface area contributed by atoms with Gasteiger partial charge in [-0.3, -0.25) is 14.4 Å². The third-order valence-corrected chi connectivity index (χ3v) is 8.00. The van der Waals surface area contributed by atoms with Gasteiger partial charge in [0, 0.05) is 6.07 Å². The van der Waals surface area contributed by atoms with E-state index >= 15 is 0 Å². The van der Waals surface area contributed by atoms with Crippen LogP contribution in [0.4, 0.5) is 0 Å².